The van der Waals surface area contributed by atoms with Crippen molar-refractivity contribution in [3.05, 3.63) is 65.9 Å². The summed E-state index contributed by atoms with van der Waals surface area (Å²) in [4.78, 5) is 19.7. The average molecular weight is 381 g/mol. The van der Waals surface area contributed by atoms with Gasteiger partial charge in [0.15, 0.2) is 0 Å². The van der Waals surface area contributed by atoms with Crippen molar-refractivity contribution < 1.29 is 9.53 Å². The molecule has 0 spiro atoms. The van der Waals surface area contributed by atoms with Crippen molar-refractivity contribution in [3.63, 3.8) is 0 Å². The highest BCUT2D eigenvalue weighted by molar-refractivity contribution is 5.99. The highest BCUT2D eigenvalue weighted by Gasteiger charge is 2.42. The molecule has 0 aliphatic carbocycles. The third-order valence-electron chi connectivity index (χ3n) is 5.20. The van der Waals surface area contributed by atoms with E-state index in [1.165, 1.54) is 6.20 Å². The fraction of sp³-hybridized carbons (Fsp3) is 0.417. The van der Waals surface area contributed by atoms with Gasteiger partial charge in [-0.3, -0.25) is 9.79 Å². The number of nitrogens with zero attached hydrogens (tertiary/aromatic N) is 2. The first-order valence-electron chi connectivity index (χ1n) is 9.86. The van der Waals surface area contributed by atoms with Crippen molar-refractivity contribution in [1.29, 1.82) is 0 Å². The Hall–Kier alpha value is -2.62. The maximum Gasteiger partial charge on any atom is 0.254 e. The van der Waals surface area contributed by atoms with E-state index in [9.17, 15) is 4.79 Å². The molecule has 1 aliphatic rings. The number of methoxy groups -OCH3 is 1. The lowest BCUT2D eigenvalue weighted by atomic mass is 9.75. The van der Waals surface area contributed by atoms with Gasteiger partial charge in [-0.15, -0.1) is 0 Å². The van der Waals surface area contributed by atoms with Gasteiger partial charge in [0.1, 0.15) is 5.75 Å². The zero-order chi connectivity index (χ0) is 20.8. The highest BCUT2D eigenvalue weighted by atomic mass is 16.5. The minimum absolute atomic E-state index is 0.00446. The molecule has 150 valence electrons. The minimum atomic E-state index is -0.142. The molecule has 2 rings (SSSR count). The first kappa shape index (κ1) is 21.7. The van der Waals surface area contributed by atoms with Crippen LogP contribution in [0, 0.1) is 5.92 Å². The molecule has 0 N–H and O–H groups in total. The summed E-state index contributed by atoms with van der Waals surface area (Å²) in [5, 5.41) is 0. The summed E-state index contributed by atoms with van der Waals surface area (Å²) >= 11 is 0. The molecule has 1 aliphatic heterocycles. The molecule has 1 amide bonds. The molecule has 0 saturated carbocycles. The van der Waals surface area contributed by atoms with E-state index >= 15 is 0 Å². The summed E-state index contributed by atoms with van der Waals surface area (Å²) in [7, 11) is 1.62. The van der Waals surface area contributed by atoms with Crippen molar-refractivity contribution in [1.82, 2.24) is 4.90 Å². The predicted octanol–water partition coefficient (Wildman–Crippen LogP) is 5.39. The smallest absolute Gasteiger partial charge is 0.254 e. The number of fused-ring (bicyclic) bond motifs is 1. The van der Waals surface area contributed by atoms with Crippen LogP contribution in [0.4, 0.5) is 0 Å². The van der Waals surface area contributed by atoms with Crippen LogP contribution in [0.25, 0.3) is 0 Å². The minimum Gasteiger partial charge on any atom is -0.497 e. The van der Waals surface area contributed by atoms with Gasteiger partial charge in [-0.1, -0.05) is 51.6 Å². The molecule has 1 aromatic rings. The van der Waals surface area contributed by atoms with Crippen molar-refractivity contribution >= 4 is 12.1 Å². The Bertz CT molecular complexity index is 805. The average Bonchev–Trinajstić information content (AvgIpc) is 2.70. The molecule has 0 radical (unpaired) electrons. The molecule has 4 nitrogen and oxygen atoms in total. The summed E-state index contributed by atoms with van der Waals surface area (Å²) < 4.78 is 5.38. The van der Waals surface area contributed by atoms with E-state index < -0.39 is 0 Å². The van der Waals surface area contributed by atoms with Crippen molar-refractivity contribution in [2.45, 2.75) is 46.1 Å². The van der Waals surface area contributed by atoms with Gasteiger partial charge in [0.05, 0.1) is 13.2 Å². The molecule has 0 saturated heterocycles. The van der Waals surface area contributed by atoms with E-state index in [0.29, 0.717) is 23.8 Å². The van der Waals surface area contributed by atoms with Crippen LogP contribution >= 0.6 is 0 Å². The van der Waals surface area contributed by atoms with Crippen molar-refractivity contribution in [3.8, 4) is 5.75 Å². The maximum absolute atomic E-state index is 13.5. The Morgan fingerprint density at radius 2 is 2.11 bits per heavy atom. The van der Waals surface area contributed by atoms with Gasteiger partial charge < -0.3 is 9.64 Å². The number of allylic oxidation sites excluding steroid dienone is 1. The second kappa shape index (κ2) is 9.54. The number of aliphatic imine (C=N–C) groups is 1. The molecule has 0 aromatic heterocycles. The van der Waals surface area contributed by atoms with E-state index in [1.807, 2.05) is 42.3 Å². The van der Waals surface area contributed by atoms with Crippen LogP contribution < -0.4 is 4.74 Å². The van der Waals surface area contributed by atoms with Crippen molar-refractivity contribution in [2.24, 2.45) is 10.9 Å². The lowest BCUT2D eigenvalue weighted by molar-refractivity contribution is 0.0640. The Labute approximate surface area is 169 Å². The third kappa shape index (κ3) is 4.27. The molecule has 28 heavy (non-hydrogen) atoms. The van der Waals surface area contributed by atoms with E-state index in [2.05, 4.69) is 38.9 Å². The van der Waals surface area contributed by atoms with Gasteiger partial charge in [0, 0.05) is 30.4 Å². The quantitative estimate of drug-likeness (QED) is 0.448. The van der Waals surface area contributed by atoms with Crippen LogP contribution in [-0.2, 0) is 0 Å². The molecule has 2 atom stereocenters. The number of benzene rings is 1. The summed E-state index contributed by atoms with van der Waals surface area (Å²) in [5.41, 5.74) is 3.81. The Kier molecular flexibility index (Phi) is 7.38. The maximum atomic E-state index is 13.5. The lowest BCUT2D eigenvalue weighted by Crippen LogP contribution is -2.51. The van der Waals surface area contributed by atoms with E-state index in [-0.39, 0.29) is 17.9 Å². The van der Waals surface area contributed by atoms with Crippen LogP contribution in [0.2, 0.25) is 0 Å². The molecule has 1 aromatic carbocycles. The fourth-order valence-electron chi connectivity index (χ4n) is 3.84. The first-order chi connectivity index (χ1) is 13.4. The van der Waals surface area contributed by atoms with Crippen LogP contribution in [0.15, 0.2) is 59.8 Å². The second-order valence-corrected chi connectivity index (χ2v) is 7.49. The van der Waals surface area contributed by atoms with Gasteiger partial charge in [-0.2, -0.15) is 0 Å². The van der Waals surface area contributed by atoms with Gasteiger partial charge >= 0.3 is 0 Å². The summed E-state index contributed by atoms with van der Waals surface area (Å²) in [6, 6.07) is 5.64. The van der Waals surface area contributed by atoms with Crippen LogP contribution in [-0.4, -0.2) is 36.7 Å². The zero-order valence-electron chi connectivity index (χ0n) is 17.7. The summed E-state index contributed by atoms with van der Waals surface area (Å²) in [6.45, 7) is 17.1. The number of amides is 1. The normalized spacial score (nSPS) is 19.9. The number of hydrogen-bond acceptors (Lipinski definition) is 3. The van der Waals surface area contributed by atoms with Gasteiger partial charge in [-0.25, -0.2) is 0 Å². The van der Waals surface area contributed by atoms with Crippen LogP contribution in [0.5, 0.6) is 5.75 Å². The molecule has 2 unspecified atom stereocenters. The number of carbonyl (C=O) groups excluding carboxylic acids is 1. The summed E-state index contributed by atoms with van der Waals surface area (Å²) in [5.74, 6) is 1.06. The number of rotatable bonds is 8. The van der Waals surface area contributed by atoms with E-state index in [4.69, 9.17) is 4.74 Å². The van der Waals surface area contributed by atoms with Crippen molar-refractivity contribution in [2.75, 3.05) is 13.7 Å². The number of carbonyl (C=O) groups is 1. The third-order valence-corrected chi connectivity index (χ3v) is 5.20. The molecular weight excluding hydrogens is 348 g/mol. The molecule has 1 heterocycles. The predicted molar refractivity (Wildman–Crippen MR) is 117 cm³/mol. The van der Waals surface area contributed by atoms with Crippen LogP contribution in [0.3, 0.4) is 0 Å². The number of hydrogen-bond donors (Lipinski definition) is 0. The van der Waals surface area contributed by atoms with Crippen LogP contribution in [0.1, 0.15) is 56.0 Å². The van der Waals surface area contributed by atoms with Gasteiger partial charge in [0.25, 0.3) is 5.91 Å². The van der Waals surface area contributed by atoms with Gasteiger partial charge in [0.2, 0.25) is 0 Å². The second-order valence-electron chi connectivity index (χ2n) is 7.49. The lowest BCUT2D eigenvalue weighted by Gasteiger charge is -2.44. The molecule has 4 heteroatoms. The zero-order valence-corrected chi connectivity index (χ0v) is 17.7. The van der Waals surface area contributed by atoms with E-state index in [1.54, 1.807) is 7.11 Å². The molecule has 0 fully saturated rings. The molecular formula is C24H32N2O2. The fourth-order valence-corrected chi connectivity index (χ4v) is 3.84. The Morgan fingerprint density at radius 3 is 2.64 bits per heavy atom. The monoisotopic (exact) mass is 380 g/mol. The first-order valence-corrected chi connectivity index (χ1v) is 9.86. The largest absolute Gasteiger partial charge is 0.497 e. The Morgan fingerprint density at radius 1 is 1.39 bits per heavy atom. The van der Waals surface area contributed by atoms with Gasteiger partial charge in [-0.05, 0) is 42.5 Å². The topological polar surface area (TPSA) is 41.9 Å². The number of ether oxygens (including phenoxy) is 1. The standard InChI is InChI=1S/C24H32N2O2/c1-8-17(6)22-20-12-11-19(28-7)13-21(20)24(27)26(15-16(4)5)23(22)18(9-2)14-25-10-3/h9-14,16,22-23H,3,6,8,15H2,1-2,4-5,7H3/b18-9+,25-14-. The Balaban J connectivity index is 2.74. The molecule has 0 bridgehead atoms. The highest BCUT2D eigenvalue weighted by Crippen LogP contribution is 2.42. The SMILES string of the molecule is C=C/N=C\C(=C/C)C1C(C(=C)CC)c2ccc(OC)cc2C(=O)N1CC(C)C. The summed E-state index contributed by atoms with van der Waals surface area (Å²) in [6.07, 6.45) is 6.20. The van der Waals surface area contributed by atoms with E-state index in [0.717, 1.165) is 23.1 Å².